The summed E-state index contributed by atoms with van der Waals surface area (Å²) in [5.41, 5.74) is 0.244. The van der Waals surface area contributed by atoms with Gasteiger partial charge in [-0.25, -0.2) is 13.4 Å². The Morgan fingerprint density at radius 3 is 2.83 bits per heavy atom. The fourth-order valence-electron chi connectivity index (χ4n) is 2.93. The summed E-state index contributed by atoms with van der Waals surface area (Å²) < 4.78 is 33.7. The van der Waals surface area contributed by atoms with Gasteiger partial charge in [0.25, 0.3) is 0 Å². The second-order valence-electron chi connectivity index (χ2n) is 6.51. The van der Waals surface area contributed by atoms with Crippen LogP contribution in [0.15, 0.2) is 24.3 Å². The molecular formula is C16H22N2O3S2. The second kappa shape index (κ2) is 6.12. The standard InChI is InChI=1S/C16H22N2O3S2/c1-16(2,21-3)11-23(19,20)18-10-6-8-13(18)15-17-12-7-4-5-9-14(12)22-15/h4-5,7,9,13H,6,8,10-11H2,1-3H3/t13-/m1/s1. The molecule has 1 aromatic heterocycles. The van der Waals surface area contributed by atoms with Crippen LogP contribution >= 0.6 is 11.3 Å². The Kier molecular flexibility index (Phi) is 4.48. The molecule has 3 rings (SSSR count). The maximum atomic E-state index is 12.8. The smallest absolute Gasteiger partial charge is 0.217 e. The van der Waals surface area contributed by atoms with Crippen LogP contribution < -0.4 is 0 Å². The Hall–Kier alpha value is -1.02. The first-order chi connectivity index (χ1) is 10.8. The molecule has 0 aliphatic carbocycles. The molecule has 0 spiro atoms. The lowest BCUT2D eigenvalue weighted by Gasteiger charge is -2.28. The summed E-state index contributed by atoms with van der Waals surface area (Å²) in [6.07, 6.45) is 1.69. The van der Waals surface area contributed by atoms with Gasteiger partial charge in [-0.3, -0.25) is 0 Å². The van der Waals surface area contributed by atoms with Gasteiger partial charge >= 0.3 is 0 Å². The average Bonchev–Trinajstić information content (AvgIpc) is 3.12. The summed E-state index contributed by atoms with van der Waals surface area (Å²) >= 11 is 1.59. The van der Waals surface area contributed by atoms with E-state index in [0.717, 1.165) is 28.1 Å². The van der Waals surface area contributed by atoms with E-state index in [2.05, 4.69) is 4.98 Å². The Balaban J connectivity index is 1.90. The third-order valence-electron chi connectivity index (χ3n) is 4.24. The number of fused-ring (bicyclic) bond motifs is 1. The molecule has 0 amide bonds. The molecule has 1 saturated heterocycles. The SMILES string of the molecule is COC(C)(C)CS(=O)(=O)N1CCC[C@@H]1c1nc2ccccc2s1. The van der Waals surface area contributed by atoms with Gasteiger partial charge in [-0.05, 0) is 38.8 Å². The van der Waals surface area contributed by atoms with E-state index < -0.39 is 15.6 Å². The van der Waals surface area contributed by atoms with E-state index in [9.17, 15) is 8.42 Å². The van der Waals surface area contributed by atoms with Crippen molar-refractivity contribution in [2.45, 2.75) is 38.3 Å². The molecule has 0 unspecified atom stereocenters. The van der Waals surface area contributed by atoms with Crippen molar-refractivity contribution in [3.8, 4) is 0 Å². The molecule has 1 atom stereocenters. The Morgan fingerprint density at radius 2 is 2.13 bits per heavy atom. The summed E-state index contributed by atoms with van der Waals surface area (Å²) in [4.78, 5) is 4.66. The minimum atomic E-state index is -3.39. The van der Waals surface area contributed by atoms with Crippen molar-refractivity contribution < 1.29 is 13.2 Å². The molecule has 1 aliphatic rings. The second-order valence-corrected chi connectivity index (χ2v) is 9.49. The number of methoxy groups -OCH3 is 1. The number of benzene rings is 1. The molecule has 0 saturated carbocycles. The molecule has 2 aromatic rings. The third kappa shape index (κ3) is 3.42. The fourth-order valence-corrected chi connectivity index (χ4v) is 6.28. The van der Waals surface area contributed by atoms with Crippen LogP contribution in [0.5, 0.6) is 0 Å². The first-order valence-electron chi connectivity index (χ1n) is 7.72. The number of hydrogen-bond acceptors (Lipinski definition) is 5. The first-order valence-corrected chi connectivity index (χ1v) is 10.2. The minimum absolute atomic E-state index is 0.0160. The number of thiazole rings is 1. The minimum Gasteiger partial charge on any atom is -0.378 e. The quantitative estimate of drug-likeness (QED) is 0.827. The van der Waals surface area contributed by atoms with E-state index in [1.807, 2.05) is 24.3 Å². The van der Waals surface area contributed by atoms with Gasteiger partial charge in [-0.1, -0.05) is 12.1 Å². The van der Waals surface area contributed by atoms with Crippen molar-refractivity contribution in [2.24, 2.45) is 0 Å². The first kappa shape index (κ1) is 16.8. The zero-order valence-electron chi connectivity index (χ0n) is 13.7. The Morgan fingerprint density at radius 1 is 1.39 bits per heavy atom. The lowest BCUT2D eigenvalue weighted by Crippen LogP contribution is -2.41. The van der Waals surface area contributed by atoms with Gasteiger partial charge in [0.2, 0.25) is 10.0 Å². The molecule has 1 aliphatic heterocycles. The van der Waals surface area contributed by atoms with Crippen LogP contribution in [0.4, 0.5) is 0 Å². The van der Waals surface area contributed by atoms with Gasteiger partial charge in [0.05, 0.1) is 27.6 Å². The lowest BCUT2D eigenvalue weighted by atomic mass is 10.2. The highest BCUT2D eigenvalue weighted by molar-refractivity contribution is 7.89. The largest absolute Gasteiger partial charge is 0.378 e. The average molecular weight is 354 g/mol. The summed E-state index contributed by atoms with van der Waals surface area (Å²) in [7, 11) is -1.84. The van der Waals surface area contributed by atoms with Gasteiger partial charge in [-0.15, -0.1) is 11.3 Å². The molecule has 0 bridgehead atoms. The number of nitrogens with zero attached hydrogens (tertiary/aromatic N) is 2. The summed E-state index contributed by atoms with van der Waals surface area (Å²) in [6.45, 7) is 4.16. The predicted octanol–water partition coefficient (Wildman–Crippen LogP) is 3.19. The molecule has 5 nitrogen and oxygen atoms in total. The van der Waals surface area contributed by atoms with Gasteiger partial charge in [-0.2, -0.15) is 4.31 Å². The third-order valence-corrected chi connectivity index (χ3v) is 7.59. The molecule has 1 aromatic carbocycles. The van der Waals surface area contributed by atoms with Crippen LogP contribution in [0.2, 0.25) is 0 Å². The van der Waals surface area contributed by atoms with E-state index in [1.165, 1.54) is 0 Å². The Bertz CT molecular complexity index is 766. The summed E-state index contributed by atoms with van der Waals surface area (Å²) in [5.74, 6) is -0.0160. The molecular weight excluding hydrogens is 332 g/mol. The highest BCUT2D eigenvalue weighted by Gasteiger charge is 2.39. The normalized spacial score (nSPS) is 20.4. The number of hydrogen-bond donors (Lipinski definition) is 0. The van der Waals surface area contributed by atoms with Crippen molar-refractivity contribution in [3.05, 3.63) is 29.3 Å². The number of rotatable bonds is 5. The topological polar surface area (TPSA) is 59.5 Å². The van der Waals surface area contributed by atoms with Crippen molar-refractivity contribution in [1.29, 1.82) is 0 Å². The van der Waals surface area contributed by atoms with Crippen molar-refractivity contribution in [3.63, 3.8) is 0 Å². The molecule has 126 valence electrons. The number of ether oxygens (including phenoxy) is 1. The van der Waals surface area contributed by atoms with Crippen LogP contribution in [0.3, 0.4) is 0 Å². The highest BCUT2D eigenvalue weighted by atomic mass is 32.2. The van der Waals surface area contributed by atoms with Crippen LogP contribution in [-0.2, 0) is 14.8 Å². The van der Waals surface area contributed by atoms with Crippen LogP contribution in [0, 0.1) is 0 Å². The number of para-hydroxylation sites is 1. The van der Waals surface area contributed by atoms with Crippen LogP contribution in [0.1, 0.15) is 37.7 Å². The maximum absolute atomic E-state index is 12.8. The molecule has 2 heterocycles. The van der Waals surface area contributed by atoms with E-state index in [1.54, 1.807) is 36.6 Å². The number of aromatic nitrogens is 1. The molecule has 1 fully saturated rings. The lowest BCUT2D eigenvalue weighted by molar-refractivity contribution is 0.0415. The zero-order valence-corrected chi connectivity index (χ0v) is 15.3. The highest BCUT2D eigenvalue weighted by Crippen LogP contribution is 2.38. The monoisotopic (exact) mass is 354 g/mol. The van der Waals surface area contributed by atoms with Crippen LogP contribution in [-0.4, -0.2) is 42.7 Å². The molecule has 7 heteroatoms. The fraction of sp³-hybridized carbons (Fsp3) is 0.562. The molecule has 0 radical (unpaired) electrons. The number of sulfonamides is 1. The van der Waals surface area contributed by atoms with E-state index in [-0.39, 0.29) is 11.8 Å². The van der Waals surface area contributed by atoms with Gasteiger partial charge in [0, 0.05) is 13.7 Å². The summed E-state index contributed by atoms with van der Waals surface area (Å²) in [6, 6.07) is 7.78. The maximum Gasteiger partial charge on any atom is 0.217 e. The van der Waals surface area contributed by atoms with Gasteiger partial charge < -0.3 is 4.74 Å². The van der Waals surface area contributed by atoms with Gasteiger partial charge in [0.1, 0.15) is 5.01 Å². The van der Waals surface area contributed by atoms with Crippen molar-refractivity contribution >= 4 is 31.6 Å². The van der Waals surface area contributed by atoms with Crippen LogP contribution in [0.25, 0.3) is 10.2 Å². The van der Waals surface area contributed by atoms with Gasteiger partial charge in [0.15, 0.2) is 0 Å². The predicted molar refractivity (Wildman–Crippen MR) is 93.2 cm³/mol. The van der Waals surface area contributed by atoms with E-state index in [4.69, 9.17) is 4.74 Å². The van der Waals surface area contributed by atoms with E-state index in [0.29, 0.717) is 6.54 Å². The molecule has 23 heavy (non-hydrogen) atoms. The van der Waals surface area contributed by atoms with Crippen molar-refractivity contribution in [2.75, 3.05) is 19.4 Å². The Labute approximate surface area is 141 Å². The van der Waals surface area contributed by atoms with Crippen molar-refractivity contribution in [1.82, 2.24) is 9.29 Å². The molecule has 0 N–H and O–H groups in total. The zero-order chi connectivity index (χ0) is 16.7. The van der Waals surface area contributed by atoms with E-state index >= 15 is 0 Å². The summed E-state index contributed by atoms with van der Waals surface area (Å²) in [5, 5.41) is 0.891.